The molecule has 20 heavy (non-hydrogen) atoms. The number of aromatic amines is 2. The normalized spacial score (nSPS) is 11.2. The van der Waals surface area contributed by atoms with E-state index >= 15 is 0 Å². The summed E-state index contributed by atoms with van der Waals surface area (Å²) >= 11 is 0. The van der Waals surface area contributed by atoms with Gasteiger partial charge in [-0.15, -0.1) is 0 Å². The van der Waals surface area contributed by atoms with E-state index in [-0.39, 0.29) is 0 Å². The second-order valence-corrected chi connectivity index (χ2v) is 4.61. The third-order valence-electron chi connectivity index (χ3n) is 3.47. The average molecular weight is 264 g/mol. The Bertz CT molecular complexity index is 906. The number of ether oxygens (including phenoxy) is 1. The summed E-state index contributed by atoms with van der Waals surface area (Å²) < 4.78 is 5.25. The lowest BCUT2D eigenvalue weighted by molar-refractivity contribution is 0.414. The minimum absolute atomic E-state index is 0.751. The second kappa shape index (κ2) is 4.09. The van der Waals surface area contributed by atoms with Crippen molar-refractivity contribution in [1.82, 2.24) is 19.9 Å². The lowest BCUT2D eigenvalue weighted by Gasteiger charge is -2.02. The summed E-state index contributed by atoms with van der Waals surface area (Å²) in [5, 5.41) is 1.04. The third kappa shape index (κ3) is 1.56. The molecular formula is C15H12N4O. The molecule has 0 bridgehead atoms. The van der Waals surface area contributed by atoms with Crippen LogP contribution in [0, 0.1) is 0 Å². The predicted octanol–water partition coefficient (Wildman–Crippen LogP) is 3.11. The van der Waals surface area contributed by atoms with Crippen molar-refractivity contribution < 1.29 is 4.74 Å². The van der Waals surface area contributed by atoms with E-state index in [2.05, 4.69) is 32.1 Å². The molecule has 0 saturated heterocycles. The minimum atomic E-state index is 0.751. The maximum Gasteiger partial charge on any atom is 0.138 e. The Morgan fingerprint density at radius 2 is 2.05 bits per heavy atom. The van der Waals surface area contributed by atoms with E-state index in [9.17, 15) is 0 Å². The molecule has 0 spiro atoms. The zero-order chi connectivity index (χ0) is 13.5. The van der Waals surface area contributed by atoms with Gasteiger partial charge in [0.25, 0.3) is 0 Å². The van der Waals surface area contributed by atoms with Gasteiger partial charge in [-0.1, -0.05) is 6.07 Å². The van der Waals surface area contributed by atoms with Crippen molar-refractivity contribution in [2.75, 3.05) is 7.11 Å². The Balaban J connectivity index is 1.96. The van der Waals surface area contributed by atoms with Crippen LogP contribution in [0.25, 0.3) is 33.2 Å². The first-order valence-corrected chi connectivity index (χ1v) is 6.30. The van der Waals surface area contributed by atoms with Gasteiger partial charge in [0.15, 0.2) is 0 Å². The SMILES string of the molecule is COc1cnc2[nH]cc(-c3ccc4nc[nH]c4c3)c2c1. The number of fused-ring (bicyclic) bond motifs is 2. The molecule has 3 aromatic heterocycles. The van der Waals surface area contributed by atoms with Crippen LogP contribution in [0.4, 0.5) is 0 Å². The van der Waals surface area contributed by atoms with Crippen molar-refractivity contribution in [2.45, 2.75) is 0 Å². The Morgan fingerprint density at radius 3 is 2.95 bits per heavy atom. The van der Waals surface area contributed by atoms with Gasteiger partial charge in [0, 0.05) is 17.1 Å². The molecule has 0 aliphatic rings. The fourth-order valence-electron chi connectivity index (χ4n) is 2.44. The third-order valence-corrected chi connectivity index (χ3v) is 3.47. The topological polar surface area (TPSA) is 66.6 Å². The first-order valence-electron chi connectivity index (χ1n) is 6.30. The van der Waals surface area contributed by atoms with E-state index in [4.69, 9.17) is 4.74 Å². The largest absolute Gasteiger partial charge is 0.495 e. The molecule has 3 heterocycles. The molecule has 0 atom stereocenters. The van der Waals surface area contributed by atoms with Crippen molar-refractivity contribution in [3.63, 3.8) is 0 Å². The number of aromatic nitrogens is 4. The summed E-state index contributed by atoms with van der Waals surface area (Å²) in [6.07, 6.45) is 5.38. The number of hydrogen-bond donors (Lipinski definition) is 2. The van der Waals surface area contributed by atoms with Gasteiger partial charge >= 0.3 is 0 Å². The molecule has 98 valence electrons. The fourth-order valence-corrected chi connectivity index (χ4v) is 2.44. The highest BCUT2D eigenvalue weighted by atomic mass is 16.5. The smallest absolute Gasteiger partial charge is 0.138 e. The van der Waals surface area contributed by atoms with Crippen LogP contribution in [0.1, 0.15) is 0 Å². The van der Waals surface area contributed by atoms with Gasteiger partial charge in [0.2, 0.25) is 0 Å². The number of nitrogens with zero attached hydrogens (tertiary/aromatic N) is 2. The van der Waals surface area contributed by atoms with Crippen LogP contribution in [0.3, 0.4) is 0 Å². The van der Waals surface area contributed by atoms with E-state index in [0.717, 1.165) is 38.9 Å². The Labute approximate surface area is 114 Å². The molecule has 4 rings (SSSR count). The van der Waals surface area contributed by atoms with E-state index in [1.807, 2.05) is 18.3 Å². The standard InChI is InChI=1S/C15H12N4O/c1-20-10-5-11-12(7-17-15(11)16-6-10)9-2-3-13-14(4-9)19-8-18-13/h2-8H,1H3,(H,16,17)(H,18,19). The molecular weight excluding hydrogens is 252 g/mol. The summed E-state index contributed by atoms with van der Waals surface area (Å²) in [7, 11) is 1.64. The van der Waals surface area contributed by atoms with E-state index in [0.29, 0.717) is 0 Å². The molecule has 5 heteroatoms. The van der Waals surface area contributed by atoms with Crippen LogP contribution >= 0.6 is 0 Å². The Morgan fingerprint density at radius 1 is 1.10 bits per heavy atom. The zero-order valence-corrected chi connectivity index (χ0v) is 10.8. The summed E-state index contributed by atoms with van der Waals surface area (Å²) in [6.45, 7) is 0. The highest BCUT2D eigenvalue weighted by Crippen LogP contribution is 2.31. The van der Waals surface area contributed by atoms with Crippen LogP contribution in [0.2, 0.25) is 0 Å². The number of imidazole rings is 1. The lowest BCUT2D eigenvalue weighted by Crippen LogP contribution is -1.84. The quantitative estimate of drug-likeness (QED) is 0.584. The molecule has 0 radical (unpaired) electrons. The van der Waals surface area contributed by atoms with Crippen molar-refractivity contribution >= 4 is 22.1 Å². The van der Waals surface area contributed by atoms with Crippen LogP contribution in [0.15, 0.2) is 43.0 Å². The average Bonchev–Trinajstić information content (AvgIpc) is 3.11. The number of nitrogens with one attached hydrogen (secondary N) is 2. The Kier molecular flexibility index (Phi) is 2.26. The highest BCUT2D eigenvalue weighted by molar-refractivity contribution is 5.96. The van der Waals surface area contributed by atoms with E-state index < -0.39 is 0 Å². The van der Waals surface area contributed by atoms with Crippen LogP contribution in [-0.2, 0) is 0 Å². The van der Waals surface area contributed by atoms with Crippen molar-refractivity contribution in [3.8, 4) is 16.9 Å². The summed E-state index contributed by atoms with van der Waals surface area (Å²) in [4.78, 5) is 14.9. The predicted molar refractivity (Wildman–Crippen MR) is 77.7 cm³/mol. The van der Waals surface area contributed by atoms with Gasteiger partial charge in [0.05, 0.1) is 30.7 Å². The molecule has 4 aromatic rings. The van der Waals surface area contributed by atoms with Gasteiger partial charge in [0.1, 0.15) is 11.4 Å². The molecule has 2 N–H and O–H groups in total. The molecule has 0 fully saturated rings. The minimum Gasteiger partial charge on any atom is -0.495 e. The highest BCUT2D eigenvalue weighted by Gasteiger charge is 2.09. The number of pyridine rings is 1. The van der Waals surface area contributed by atoms with Crippen LogP contribution < -0.4 is 4.74 Å². The number of benzene rings is 1. The second-order valence-electron chi connectivity index (χ2n) is 4.61. The summed E-state index contributed by atoms with van der Waals surface area (Å²) in [6, 6.07) is 8.15. The maximum atomic E-state index is 5.25. The lowest BCUT2D eigenvalue weighted by atomic mass is 10.1. The molecule has 0 aliphatic carbocycles. The van der Waals surface area contributed by atoms with Crippen LogP contribution in [0.5, 0.6) is 5.75 Å². The number of H-pyrrole nitrogens is 2. The number of methoxy groups -OCH3 is 1. The first-order chi connectivity index (χ1) is 9.85. The maximum absolute atomic E-state index is 5.25. The molecule has 0 amide bonds. The zero-order valence-electron chi connectivity index (χ0n) is 10.8. The van der Waals surface area contributed by atoms with Gasteiger partial charge in [-0.05, 0) is 23.8 Å². The van der Waals surface area contributed by atoms with Gasteiger partial charge in [-0.2, -0.15) is 0 Å². The van der Waals surface area contributed by atoms with E-state index in [1.54, 1.807) is 19.6 Å². The van der Waals surface area contributed by atoms with Crippen molar-refractivity contribution in [2.24, 2.45) is 0 Å². The van der Waals surface area contributed by atoms with E-state index in [1.165, 1.54) is 0 Å². The fraction of sp³-hybridized carbons (Fsp3) is 0.0667. The molecule has 0 unspecified atom stereocenters. The Hall–Kier alpha value is -2.82. The number of rotatable bonds is 2. The van der Waals surface area contributed by atoms with Crippen molar-refractivity contribution in [3.05, 3.63) is 43.0 Å². The van der Waals surface area contributed by atoms with Gasteiger partial charge < -0.3 is 14.7 Å². The van der Waals surface area contributed by atoms with Crippen molar-refractivity contribution in [1.29, 1.82) is 0 Å². The summed E-state index contributed by atoms with van der Waals surface area (Å²) in [5.41, 5.74) is 5.05. The molecule has 1 aromatic carbocycles. The van der Waals surface area contributed by atoms with Crippen LogP contribution in [-0.4, -0.2) is 27.0 Å². The monoisotopic (exact) mass is 264 g/mol. The molecule has 0 saturated carbocycles. The molecule has 5 nitrogen and oxygen atoms in total. The summed E-state index contributed by atoms with van der Waals surface area (Å²) in [5.74, 6) is 0.751. The van der Waals surface area contributed by atoms with Gasteiger partial charge in [-0.3, -0.25) is 0 Å². The molecule has 0 aliphatic heterocycles. The first kappa shape index (κ1) is 11.0. The number of hydrogen-bond acceptors (Lipinski definition) is 3. The van der Waals surface area contributed by atoms with Gasteiger partial charge in [-0.25, -0.2) is 9.97 Å².